The van der Waals surface area contributed by atoms with E-state index in [0.29, 0.717) is 56.3 Å². The second-order valence-corrected chi connectivity index (χ2v) is 11.7. The molecule has 182 valence electrons. The van der Waals surface area contributed by atoms with Crippen LogP contribution in [-0.4, -0.2) is 39.5 Å². The van der Waals surface area contributed by atoms with Gasteiger partial charge in [0.25, 0.3) is 0 Å². The van der Waals surface area contributed by atoms with Gasteiger partial charge in [-0.3, -0.25) is 9.59 Å². The Hall–Kier alpha value is -1.86. The van der Waals surface area contributed by atoms with Crippen LogP contribution in [0.3, 0.4) is 0 Å². The summed E-state index contributed by atoms with van der Waals surface area (Å²) in [5.41, 5.74) is 2.20. The minimum Gasteiger partial charge on any atom is -0.342 e. The molecular formula is C25H28Cl3N3O2S. The predicted octanol–water partition coefficient (Wildman–Crippen LogP) is 7.58. The van der Waals surface area contributed by atoms with Crippen LogP contribution in [0.2, 0.25) is 14.4 Å². The molecule has 0 spiro atoms. The lowest BCUT2D eigenvalue weighted by Gasteiger charge is -2.26. The fourth-order valence-electron chi connectivity index (χ4n) is 3.81. The number of carbonyl (C=O) groups excluding carboxylic acids is 2. The molecule has 0 radical (unpaired) electrons. The molecule has 0 fully saturated rings. The van der Waals surface area contributed by atoms with E-state index in [9.17, 15) is 9.59 Å². The van der Waals surface area contributed by atoms with E-state index in [1.54, 1.807) is 33.8 Å². The van der Waals surface area contributed by atoms with Crippen LogP contribution in [0.15, 0.2) is 30.3 Å². The maximum absolute atomic E-state index is 13.3. The van der Waals surface area contributed by atoms with E-state index >= 15 is 0 Å². The zero-order valence-electron chi connectivity index (χ0n) is 19.9. The standard InChI is InChI=1S/C25H28Cl3N3O2S/c1-14(2)12-30(13-15(3)4)23(33)11-20(32)24-16(5)25(21-8-9-22(28)34-21)31(29-24)19-7-6-17(26)10-18(19)27/h6-10,14-15H,11-13H2,1-5H3. The Morgan fingerprint density at radius 3 is 2.21 bits per heavy atom. The topological polar surface area (TPSA) is 55.2 Å². The van der Waals surface area contributed by atoms with E-state index in [0.717, 1.165) is 4.88 Å². The first-order chi connectivity index (χ1) is 16.0. The van der Waals surface area contributed by atoms with E-state index in [-0.39, 0.29) is 23.8 Å². The molecule has 34 heavy (non-hydrogen) atoms. The molecule has 0 saturated carbocycles. The Morgan fingerprint density at radius 1 is 1.03 bits per heavy atom. The van der Waals surface area contributed by atoms with Crippen molar-refractivity contribution in [3.8, 4) is 16.3 Å². The Kier molecular flexibility index (Phi) is 8.85. The van der Waals surface area contributed by atoms with Crippen molar-refractivity contribution in [2.75, 3.05) is 13.1 Å². The Labute approximate surface area is 219 Å². The van der Waals surface area contributed by atoms with Crippen molar-refractivity contribution in [2.45, 2.75) is 41.0 Å². The van der Waals surface area contributed by atoms with Crippen LogP contribution in [0.1, 0.15) is 50.2 Å². The van der Waals surface area contributed by atoms with Gasteiger partial charge in [0.15, 0.2) is 5.78 Å². The van der Waals surface area contributed by atoms with E-state index in [4.69, 9.17) is 34.8 Å². The van der Waals surface area contributed by atoms with Gasteiger partial charge in [-0.15, -0.1) is 11.3 Å². The number of nitrogens with zero attached hydrogens (tertiary/aromatic N) is 3. The lowest BCUT2D eigenvalue weighted by Crippen LogP contribution is -2.38. The molecular weight excluding hydrogens is 513 g/mol. The quantitative estimate of drug-likeness (QED) is 0.208. The molecule has 0 aliphatic heterocycles. The van der Waals surface area contributed by atoms with Crippen LogP contribution in [0.5, 0.6) is 0 Å². The molecule has 2 aromatic heterocycles. The minimum absolute atomic E-state index is 0.188. The Balaban J connectivity index is 2.02. The Morgan fingerprint density at radius 2 is 1.68 bits per heavy atom. The van der Waals surface area contributed by atoms with Crippen LogP contribution in [0, 0.1) is 18.8 Å². The molecule has 0 N–H and O–H groups in total. The molecule has 0 aliphatic carbocycles. The highest BCUT2D eigenvalue weighted by molar-refractivity contribution is 7.19. The first kappa shape index (κ1) is 26.7. The zero-order valence-corrected chi connectivity index (χ0v) is 22.9. The largest absolute Gasteiger partial charge is 0.342 e. The molecule has 0 atom stereocenters. The molecule has 0 unspecified atom stereocenters. The van der Waals surface area contributed by atoms with Gasteiger partial charge in [0.1, 0.15) is 5.69 Å². The normalized spacial score (nSPS) is 11.5. The van der Waals surface area contributed by atoms with Crippen LogP contribution < -0.4 is 0 Å². The number of amides is 1. The summed E-state index contributed by atoms with van der Waals surface area (Å²) in [5.74, 6) is 0.0984. The van der Waals surface area contributed by atoms with Crippen molar-refractivity contribution in [2.24, 2.45) is 11.8 Å². The third-order valence-corrected chi connectivity index (χ3v) is 6.94. The highest BCUT2D eigenvalue weighted by atomic mass is 35.5. The number of carbonyl (C=O) groups is 2. The van der Waals surface area contributed by atoms with Crippen molar-refractivity contribution in [1.82, 2.24) is 14.7 Å². The van der Waals surface area contributed by atoms with Gasteiger partial charge in [0.2, 0.25) is 5.91 Å². The Bertz CT molecular complexity index is 1190. The van der Waals surface area contributed by atoms with E-state index < -0.39 is 0 Å². The highest BCUT2D eigenvalue weighted by Crippen LogP contribution is 2.37. The molecule has 0 bridgehead atoms. The van der Waals surface area contributed by atoms with E-state index in [1.807, 2.05) is 13.0 Å². The number of rotatable bonds is 9. The van der Waals surface area contributed by atoms with E-state index in [2.05, 4.69) is 32.8 Å². The summed E-state index contributed by atoms with van der Waals surface area (Å²) in [5, 5.41) is 5.52. The van der Waals surface area contributed by atoms with Gasteiger partial charge < -0.3 is 4.90 Å². The number of ketones is 1. The first-order valence-electron chi connectivity index (χ1n) is 11.1. The van der Waals surface area contributed by atoms with Gasteiger partial charge in [-0.2, -0.15) is 5.10 Å². The van der Waals surface area contributed by atoms with Crippen molar-refractivity contribution in [1.29, 1.82) is 0 Å². The highest BCUT2D eigenvalue weighted by Gasteiger charge is 2.27. The van der Waals surface area contributed by atoms with Crippen molar-refractivity contribution in [3.05, 3.63) is 56.0 Å². The summed E-state index contributed by atoms with van der Waals surface area (Å²) >= 11 is 20.1. The molecule has 5 nitrogen and oxygen atoms in total. The molecule has 3 aromatic rings. The van der Waals surface area contributed by atoms with Crippen molar-refractivity contribution in [3.63, 3.8) is 0 Å². The number of aromatic nitrogens is 2. The first-order valence-corrected chi connectivity index (χ1v) is 13.0. The van der Waals surface area contributed by atoms with Crippen LogP contribution >= 0.6 is 46.1 Å². The lowest BCUT2D eigenvalue weighted by molar-refractivity contribution is -0.131. The maximum Gasteiger partial charge on any atom is 0.230 e. The van der Waals surface area contributed by atoms with Gasteiger partial charge in [-0.25, -0.2) is 4.68 Å². The summed E-state index contributed by atoms with van der Waals surface area (Å²) in [7, 11) is 0. The summed E-state index contributed by atoms with van der Waals surface area (Å²) < 4.78 is 2.25. The second kappa shape index (κ2) is 11.3. The van der Waals surface area contributed by atoms with E-state index in [1.165, 1.54) is 11.3 Å². The zero-order chi connectivity index (χ0) is 25.2. The fourth-order valence-corrected chi connectivity index (χ4v) is 5.43. The van der Waals surface area contributed by atoms with Gasteiger partial charge in [-0.1, -0.05) is 62.5 Å². The number of hydrogen-bond acceptors (Lipinski definition) is 4. The van der Waals surface area contributed by atoms with Gasteiger partial charge in [0.05, 0.1) is 32.0 Å². The van der Waals surface area contributed by atoms with Crippen LogP contribution in [0.25, 0.3) is 16.3 Å². The maximum atomic E-state index is 13.3. The second-order valence-electron chi connectivity index (χ2n) is 9.12. The summed E-state index contributed by atoms with van der Waals surface area (Å²) in [6.45, 7) is 11.3. The molecule has 1 aromatic carbocycles. The predicted molar refractivity (Wildman–Crippen MR) is 142 cm³/mol. The number of thiophene rings is 1. The molecule has 1 amide bonds. The van der Waals surface area contributed by atoms with Gasteiger partial charge in [0, 0.05) is 23.7 Å². The van der Waals surface area contributed by atoms with Crippen molar-refractivity contribution < 1.29 is 9.59 Å². The smallest absolute Gasteiger partial charge is 0.230 e. The number of hydrogen-bond donors (Lipinski definition) is 0. The number of Topliss-reactive ketones (excluding diaryl/α,β-unsaturated/α-hetero) is 1. The summed E-state index contributed by atoms with van der Waals surface area (Å²) in [6.07, 6.45) is -0.240. The molecule has 2 heterocycles. The minimum atomic E-state index is -0.326. The van der Waals surface area contributed by atoms with Gasteiger partial charge in [-0.05, 0) is 49.1 Å². The number of halogens is 3. The average molecular weight is 541 g/mol. The SMILES string of the molecule is Cc1c(C(=O)CC(=O)N(CC(C)C)CC(C)C)nn(-c2ccc(Cl)cc2Cl)c1-c1ccc(Cl)s1. The van der Waals surface area contributed by atoms with Crippen LogP contribution in [0.4, 0.5) is 0 Å². The lowest BCUT2D eigenvalue weighted by atomic mass is 10.1. The van der Waals surface area contributed by atoms with Crippen LogP contribution in [-0.2, 0) is 4.79 Å². The number of benzene rings is 1. The third kappa shape index (κ3) is 6.22. The monoisotopic (exact) mass is 539 g/mol. The molecule has 9 heteroatoms. The molecule has 3 rings (SSSR count). The molecule has 0 aliphatic rings. The van der Waals surface area contributed by atoms with Gasteiger partial charge >= 0.3 is 0 Å². The third-order valence-electron chi connectivity index (χ3n) is 5.17. The summed E-state index contributed by atoms with van der Waals surface area (Å²) in [4.78, 5) is 29.0. The van der Waals surface area contributed by atoms with Crippen molar-refractivity contribution >= 4 is 57.8 Å². The average Bonchev–Trinajstić information content (AvgIpc) is 3.29. The summed E-state index contributed by atoms with van der Waals surface area (Å²) in [6, 6.07) is 8.77. The fraction of sp³-hybridized carbons (Fsp3) is 0.400. The molecule has 0 saturated heterocycles.